The van der Waals surface area contributed by atoms with Gasteiger partial charge in [-0.1, -0.05) is 12.1 Å². The molecule has 23 heavy (non-hydrogen) atoms. The van der Waals surface area contributed by atoms with Crippen LogP contribution in [0.1, 0.15) is 33.3 Å². The van der Waals surface area contributed by atoms with Crippen LogP contribution in [0.4, 0.5) is 0 Å². The van der Waals surface area contributed by atoms with Gasteiger partial charge < -0.3 is 20.5 Å². The first-order valence-electron chi connectivity index (χ1n) is 6.87. The number of amides is 1. The van der Waals surface area contributed by atoms with Gasteiger partial charge in [0.1, 0.15) is 17.5 Å². The number of aliphatic carboxylic acids is 1. The minimum absolute atomic E-state index is 0.0711. The molecule has 0 aliphatic carbocycles. The van der Waals surface area contributed by atoms with Crippen molar-refractivity contribution >= 4 is 17.7 Å². The Morgan fingerprint density at radius 2 is 1.87 bits per heavy atom. The van der Waals surface area contributed by atoms with E-state index in [1.807, 2.05) is 0 Å². The largest absolute Gasteiger partial charge is 0.508 e. The van der Waals surface area contributed by atoms with E-state index in [1.54, 1.807) is 12.1 Å². The Morgan fingerprint density at radius 1 is 1.22 bits per heavy atom. The molecule has 120 valence electrons. The van der Waals surface area contributed by atoms with Gasteiger partial charge in [-0.2, -0.15) is 0 Å². The molecule has 0 spiro atoms. The maximum absolute atomic E-state index is 12.1. The molecule has 0 radical (unpaired) electrons. The normalized spacial score (nSPS) is 11.7. The fourth-order valence-electron chi connectivity index (χ4n) is 2.03. The summed E-state index contributed by atoms with van der Waals surface area (Å²) in [5.74, 6) is -1.90. The molecule has 0 aliphatic heterocycles. The van der Waals surface area contributed by atoms with E-state index in [0.717, 1.165) is 0 Å². The number of aromatic hydroxyl groups is 1. The molecule has 1 heterocycles. The van der Waals surface area contributed by atoms with Crippen LogP contribution in [-0.4, -0.2) is 38.9 Å². The smallest absolute Gasteiger partial charge is 0.326 e. The summed E-state index contributed by atoms with van der Waals surface area (Å²) in [5, 5.41) is 20.9. The summed E-state index contributed by atoms with van der Waals surface area (Å²) in [7, 11) is 0. The topological polar surface area (TPSA) is 119 Å². The number of H-pyrrole nitrogens is 1. The highest BCUT2D eigenvalue weighted by molar-refractivity contribution is 6.00. The summed E-state index contributed by atoms with van der Waals surface area (Å²) >= 11 is 0. The molecule has 0 bridgehead atoms. The van der Waals surface area contributed by atoms with Crippen molar-refractivity contribution in [3.8, 4) is 5.75 Å². The molecule has 1 aromatic carbocycles. The van der Waals surface area contributed by atoms with Gasteiger partial charge in [0, 0.05) is 18.2 Å². The van der Waals surface area contributed by atoms with Crippen molar-refractivity contribution in [3.63, 3.8) is 0 Å². The predicted octanol–water partition coefficient (Wildman–Crippen LogP) is 1.35. The zero-order valence-electron chi connectivity index (χ0n) is 12.4. The van der Waals surface area contributed by atoms with Crippen LogP contribution in [0.3, 0.4) is 0 Å². The summed E-state index contributed by atoms with van der Waals surface area (Å²) in [5.41, 5.74) is 1.12. The highest BCUT2D eigenvalue weighted by atomic mass is 16.4. The number of phenols is 1. The minimum atomic E-state index is -1.18. The molecule has 7 nitrogen and oxygen atoms in total. The van der Waals surface area contributed by atoms with Crippen molar-refractivity contribution in [1.29, 1.82) is 0 Å². The van der Waals surface area contributed by atoms with E-state index in [9.17, 15) is 24.6 Å². The third kappa shape index (κ3) is 4.19. The van der Waals surface area contributed by atoms with E-state index in [2.05, 4.69) is 10.3 Å². The number of carboxylic acids is 1. The fraction of sp³-hybridized carbons (Fsp3) is 0.188. The van der Waals surface area contributed by atoms with Gasteiger partial charge in [-0.25, -0.2) is 4.79 Å². The third-order valence-electron chi connectivity index (χ3n) is 3.31. The zero-order valence-corrected chi connectivity index (χ0v) is 12.4. The second-order valence-electron chi connectivity index (χ2n) is 5.09. The number of carbonyl (C=O) groups excluding carboxylic acids is 2. The number of hydrogen-bond acceptors (Lipinski definition) is 4. The number of benzene rings is 1. The quantitative estimate of drug-likeness (QED) is 0.600. The monoisotopic (exact) mass is 316 g/mol. The lowest BCUT2D eigenvalue weighted by molar-refractivity contribution is -0.139. The number of nitrogens with one attached hydrogen (secondary N) is 2. The van der Waals surface area contributed by atoms with Crippen molar-refractivity contribution in [1.82, 2.24) is 10.3 Å². The van der Waals surface area contributed by atoms with Crippen molar-refractivity contribution in [2.45, 2.75) is 19.4 Å². The fourth-order valence-corrected chi connectivity index (χ4v) is 2.03. The number of rotatable bonds is 6. The maximum atomic E-state index is 12.1. The Labute approximate surface area is 132 Å². The molecule has 2 rings (SSSR count). The SMILES string of the molecule is CC(=O)c1c[nH]c(C(=O)NC(Cc2ccc(O)cc2)C(=O)O)c1. The molecule has 0 saturated carbocycles. The van der Waals surface area contributed by atoms with Crippen LogP contribution in [0, 0.1) is 0 Å². The third-order valence-corrected chi connectivity index (χ3v) is 3.31. The second-order valence-corrected chi connectivity index (χ2v) is 5.09. The summed E-state index contributed by atoms with van der Waals surface area (Å²) < 4.78 is 0. The van der Waals surface area contributed by atoms with Crippen molar-refractivity contribution in [2.24, 2.45) is 0 Å². The molecule has 0 fully saturated rings. The van der Waals surface area contributed by atoms with E-state index >= 15 is 0 Å². The molecular formula is C16H16N2O5. The van der Waals surface area contributed by atoms with E-state index < -0.39 is 17.9 Å². The summed E-state index contributed by atoms with van der Waals surface area (Å²) in [4.78, 5) is 37.3. The number of carboxylic acid groups (broad SMARTS) is 1. The Balaban J connectivity index is 2.09. The number of phenolic OH excluding ortho intramolecular Hbond substituents is 1. The van der Waals surface area contributed by atoms with E-state index in [-0.39, 0.29) is 23.6 Å². The van der Waals surface area contributed by atoms with Crippen LogP contribution < -0.4 is 5.32 Å². The molecule has 1 unspecified atom stereocenters. The lowest BCUT2D eigenvalue weighted by Gasteiger charge is -2.14. The van der Waals surface area contributed by atoms with Crippen molar-refractivity contribution in [2.75, 3.05) is 0 Å². The van der Waals surface area contributed by atoms with Crippen LogP contribution >= 0.6 is 0 Å². The Hall–Kier alpha value is -3.09. The van der Waals surface area contributed by atoms with Gasteiger partial charge in [-0.3, -0.25) is 9.59 Å². The van der Waals surface area contributed by atoms with Gasteiger partial charge in [0.25, 0.3) is 5.91 Å². The Bertz CT molecular complexity index is 733. The first-order valence-corrected chi connectivity index (χ1v) is 6.87. The zero-order chi connectivity index (χ0) is 17.0. The average Bonchev–Trinajstić information content (AvgIpc) is 2.98. The highest BCUT2D eigenvalue weighted by Gasteiger charge is 2.22. The van der Waals surface area contributed by atoms with Crippen LogP contribution in [0.5, 0.6) is 5.75 Å². The number of carbonyl (C=O) groups is 3. The van der Waals surface area contributed by atoms with Gasteiger partial charge in [0.2, 0.25) is 0 Å². The standard InChI is InChI=1S/C16H16N2O5/c1-9(19)11-7-13(17-8-11)15(21)18-14(16(22)23)6-10-2-4-12(20)5-3-10/h2-5,7-8,14,17,20H,6H2,1H3,(H,18,21)(H,22,23). The molecule has 2 aromatic rings. The lowest BCUT2D eigenvalue weighted by Crippen LogP contribution is -2.42. The summed E-state index contributed by atoms with van der Waals surface area (Å²) in [6.07, 6.45) is 1.47. The van der Waals surface area contributed by atoms with E-state index in [0.29, 0.717) is 11.1 Å². The maximum Gasteiger partial charge on any atom is 0.326 e. The van der Waals surface area contributed by atoms with E-state index in [1.165, 1.54) is 31.3 Å². The summed E-state index contributed by atoms with van der Waals surface area (Å²) in [6, 6.07) is 6.30. The molecule has 1 atom stereocenters. The van der Waals surface area contributed by atoms with Crippen LogP contribution in [0.15, 0.2) is 36.5 Å². The highest BCUT2D eigenvalue weighted by Crippen LogP contribution is 2.12. The first kappa shape index (κ1) is 16.3. The van der Waals surface area contributed by atoms with Crippen molar-refractivity contribution < 1.29 is 24.6 Å². The van der Waals surface area contributed by atoms with Gasteiger partial charge in [0.15, 0.2) is 5.78 Å². The number of ketones is 1. The molecule has 4 N–H and O–H groups in total. The molecular weight excluding hydrogens is 300 g/mol. The molecule has 1 amide bonds. The average molecular weight is 316 g/mol. The summed E-state index contributed by atoms with van der Waals surface area (Å²) in [6.45, 7) is 1.37. The van der Waals surface area contributed by atoms with Gasteiger partial charge in [-0.05, 0) is 30.7 Å². The minimum Gasteiger partial charge on any atom is -0.508 e. The van der Waals surface area contributed by atoms with Crippen LogP contribution in [0.2, 0.25) is 0 Å². The number of aromatic amines is 1. The predicted molar refractivity (Wildman–Crippen MR) is 81.5 cm³/mol. The molecule has 0 saturated heterocycles. The molecule has 0 aliphatic rings. The van der Waals surface area contributed by atoms with Gasteiger partial charge >= 0.3 is 5.97 Å². The number of hydrogen-bond donors (Lipinski definition) is 4. The Kier molecular flexibility index (Phi) is 4.80. The van der Waals surface area contributed by atoms with E-state index in [4.69, 9.17) is 0 Å². The second kappa shape index (κ2) is 6.78. The number of Topliss-reactive ketones (excluding diaryl/α,β-unsaturated/α-hetero) is 1. The Morgan fingerprint density at radius 3 is 2.39 bits per heavy atom. The van der Waals surface area contributed by atoms with Crippen molar-refractivity contribution in [3.05, 3.63) is 53.3 Å². The number of aromatic nitrogens is 1. The first-order chi connectivity index (χ1) is 10.9. The molecule has 1 aromatic heterocycles. The van der Waals surface area contributed by atoms with Crippen LogP contribution in [0.25, 0.3) is 0 Å². The van der Waals surface area contributed by atoms with Crippen LogP contribution in [-0.2, 0) is 11.2 Å². The van der Waals surface area contributed by atoms with Gasteiger partial charge in [0.05, 0.1) is 0 Å². The lowest BCUT2D eigenvalue weighted by atomic mass is 10.1. The van der Waals surface area contributed by atoms with Gasteiger partial charge in [-0.15, -0.1) is 0 Å². The molecule has 7 heteroatoms.